The summed E-state index contributed by atoms with van der Waals surface area (Å²) in [4.78, 5) is 8.99. The maximum absolute atomic E-state index is 4.54. The molecule has 0 fully saturated rings. The Balaban J connectivity index is 2.16. The Hall–Kier alpha value is -2.11. The molecular weight excluding hydrogens is 252 g/mol. The van der Waals surface area contributed by atoms with Crippen LogP contribution in [-0.2, 0) is 13.6 Å². The minimum Gasteiger partial charge on any atom is -0.373 e. The monoisotopic (exact) mass is 274 g/mol. The zero-order valence-corrected chi connectivity index (χ0v) is 12.7. The van der Waals surface area contributed by atoms with Crippen molar-refractivity contribution in [2.75, 3.05) is 17.7 Å². The van der Waals surface area contributed by atoms with E-state index in [1.807, 2.05) is 31.0 Å². The smallest absolute Gasteiger partial charge is 0.135 e. The molecule has 0 aliphatic rings. The van der Waals surface area contributed by atoms with E-state index in [0.29, 0.717) is 12.5 Å². The van der Waals surface area contributed by atoms with Crippen molar-refractivity contribution < 1.29 is 0 Å². The van der Waals surface area contributed by atoms with Crippen LogP contribution in [0.1, 0.15) is 36.8 Å². The van der Waals surface area contributed by atoms with Crippen LogP contribution in [0.5, 0.6) is 0 Å². The minimum atomic E-state index is 0.295. The van der Waals surface area contributed by atoms with Gasteiger partial charge in [0.2, 0.25) is 0 Å². The van der Waals surface area contributed by atoms with Crippen LogP contribution >= 0.6 is 0 Å². The Morgan fingerprint density at radius 2 is 1.95 bits per heavy atom. The molecule has 0 amide bonds. The molecule has 0 unspecified atom stereocenters. The third kappa shape index (κ3) is 3.07. The first-order chi connectivity index (χ1) is 9.51. The molecule has 6 nitrogen and oxygen atoms in total. The number of rotatable bonds is 5. The van der Waals surface area contributed by atoms with Crippen molar-refractivity contribution >= 4 is 11.6 Å². The van der Waals surface area contributed by atoms with Gasteiger partial charge in [0, 0.05) is 43.9 Å². The van der Waals surface area contributed by atoms with E-state index in [-0.39, 0.29) is 0 Å². The van der Waals surface area contributed by atoms with Gasteiger partial charge in [0.05, 0.1) is 6.20 Å². The molecule has 0 saturated heterocycles. The van der Waals surface area contributed by atoms with Crippen molar-refractivity contribution in [3.05, 3.63) is 29.3 Å². The fraction of sp³-hybridized carbons (Fsp3) is 0.500. The van der Waals surface area contributed by atoms with E-state index in [0.717, 1.165) is 23.2 Å². The molecule has 2 rings (SSSR count). The van der Waals surface area contributed by atoms with Gasteiger partial charge in [-0.05, 0) is 6.92 Å². The van der Waals surface area contributed by atoms with Crippen molar-refractivity contribution in [3.63, 3.8) is 0 Å². The predicted molar refractivity (Wildman–Crippen MR) is 80.9 cm³/mol. The molecule has 0 aliphatic heterocycles. The summed E-state index contributed by atoms with van der Waals surface area (Å²) in [6.07, 6.45) is 1.88. The van der Waals surface area contributed by atoms with Crippen molar-refractivity contribution in [2.45, 2.75) is 33.2 Å². The topological polar surface area (TPSA) is 67.7 Å². The molecule has 2 aromatic heterocycles. The average molecular weight is 274 g/mol. The average Bonchev–Trinajstić information content (AvgIpc) is 2.76. The van der Waals surface area contributed by atoms with Crippen LogP contribution < -0.4 is 10.6 Å². The second-order valence-electron chi connectivity index (χ2n) is 5.13. The summed E-state index contributed by atoms with van der Waals surface area (Å²) in [5.74, 6) is 2.79. The molecule has 0 radical (unpaired) electrons. The van der Waals surface area contributed by atoms with Gasteiger partial charge in [0.15, 0.2) is 0 Å². The molecule has 0 aromatic carbocycles. The van der Waals surface area contributed by atoms with E-state index in [1.54, 1.807) is 0 Å². The zero-order chi connectivity index (χ0) is 14.7. The second kappa shape index (κ2) is 5.90. The standard InChI is InChI=1S/C14H22N6/c1-9(2)14-18-12(15-4)6-13(19-14)16-7-11-8-17-20(5)10(11)3/h6,8-9H,7H2,1-5H3,(H2,15,16,18,19). The van der Waals surface area contributed by atoms with Crippen LogP contribution in [0.15, 0.2) is 12.3 Å². The van der Waals surface area contributed by atoms with Gasteiger partial charge in [0.25, 0.3) is 0 Å². The van der Waals surface area contributed by atoms with Crippen LogP contribution in [0.3, 0.4) is 0 Å². The van der Waals surface area contributed by atoms with Gasteiger partial charge in [-0.3, -0.25) is 4.68 Å². The second-order valence-corrected chi connectivity index (χ2v) is 5.13. The molecule has 0 atom stereocenters. The van der Waals surface area contributed by atoms with Gasteiger partial charge in [0.1, 0.15) is 17.5 Å². The summed E-state index contributed by atoms with van der Waals surface area (Å²) < 4.78 is 1.87. The SMILES string of the molecule is CNc1cc(NCc2cnn(C)c2C)nc(C(C)C)n1. The van der Waals surface area contributed by atoms with Crippen molar-refractivity contribution in [1.82, 2.24) is 19.7 Å². The molecule has 2 heterocycles. The maximum atomic E-state index is 4.54. The van der Waals surface area contributed by atoms with Crippen LogP contribution in [-0.4, -0.2) is 26.8 Å². The van der Waals surface area contributed by atoms with Crippen molar-refractivity contribution in [1.29, 1.82) is 0 Å². The number of anilines is 2. The lowest BCUT2D eigenvalue weighted by atomic mass is 10.2. The Morgan fingerprint density at radius 3 is 2.50 bits per heavy atom. The molecule has 0 spiro atoms. The Morgan fingerprint density at radius 1 is 1.25 bits per heavy atom. The van der Waals surface area contributed by atoms with Gasteiger partial charge in [-0.2, -0.15) is 5.10 Å². The third-order valence-corrected chi connectivity index (χ3v) is 3.31. The molecule has 0 bridgehead atoms. The van der Waals surface area contributed by atoms with E-state index < -0.39 is 0 Å². The summed E-state index contributed by atoms with van der Waals surface area (Å²) in [5.41, 5.74) is 2.33. The molecule has 0 aliphatic carbocycles. The highest BCUT2D eigenvalue weighted by molar-refractivity contribution is 5.47. The first-order valence-electron chi connectivity index (χ1n) is 6.79. The molecule has 108 valence electrons. The van der Waals surface area contributed by atoms with Gasteiger partial charge in [-0.25, -0.2) is 9.97 Å². The summed E-state index contributed by atoms with van der Waals surface area (Å²) in [6, 6.07) is 1.91. The van der Waals surface area contributed by atoms with E-state index in [2.05, 4.69) is 46.5 Å². The minimum absolute atomic E-state index is 0.295. The lowest BCUT2D eigenvalue weighted by Crippen LogP contribution is -2.08. The summed E-state index contributed by atoms with van der Waals surface area (Å²) in [7, 11) is 3.81. The summed E-state index contributed by atoms with van der Waals surface area (Å²) in [5, 5.41) is 10.6. The quantitative estimate of drug-likeness (QED) is 0.875. The highest BCUT2D eigenvalue weighted by Gasteiger charge is 2.08. The van der Waals surface area contributed by atoms with E-state index >= 15 is 0 Å². The fourth-order valence-corrected chi connectivity index (χ4v) is 1.85. The largest absolute Gasteiger partial charge is 0.373 e. The normalized spacial score (nSPS) is 10.9. The lowest BCUT2D eigenvalue weighted by molar-refractivity contribution is 0.738. The number of hydrogen-bond donors (Lipinski definition) is 2. The van der Waals surface area contributed by atoms with E-state index in [1.165, 1.54) is 5.56 Å². The molecular formula is C14H22N6. The summed E-state index contributed by atoms with van der Waals surface area (Å²) in [6.45, 7) is 6.94. The highest BCUT2D eigenvalue weighted by Crippen LogP contribution is 2.17. The third-order valence-electron chi connectivity index (χ3n) is 3.31. The molecule has 20 heavy (non-hydrogen) atoms. The number of nitrogens with one attached hydrogen (secondary N) is 2. The number of aryl methyl sites for hydroxylation is 1. The van der Waals surface area contributed by atoms with Crippen molar-refractivity contribution in [2.24, 2.45) is 7.05 Å². The zero-order valence-electron chi connectivity index (χ0n) is 12.7. The number of aromatic nitrogens is 4. The van der Waals surface area contributed by atoms with Gasteiger partial charge in [-0.15, -0.1) is 0 Å². The molecule has 6 heteroatoms. The van der Waals surface area contributed by atoms with Crippen LogP contribution in [0.25, 0.3) is 0 Å². The maximum Gasteiger partial charge on any atom is 0.135 e. The fourth-order valence-electron chi connectivity index (χ4n) is 1.85. The lowest BCUT2D eigenvalue weighted by Gasteiger charge is -2.11. The Kier molecular flexibility index (Phi) is 4.22. The van der Waals surface area contributed by atoms with E-state index in [4.69, 9.17) is 0 Å². The molecule has 0 saturated carbocycles. The number of hydrogen-bond acceptors (Lipinski definition) is 5. The first kappa shape index (κ1) is 14.3. The van der Waals surface area contributed by atoms with Crippen LogP contribution in [0, 0.1) is 6.92 Å². The predicted octanol–water partition coefficient (Wildman–Crippen LogP) is 2.30. The first-order valence-corrected chi connectivity index (χ1v) is 6.79. The van der Waals surface area contributed by atoms with Gasteiger partial charge >= 0.3 is 0 Å². The van der Waals surface area contributed by atoms with Crippen LogP contribution in [0.4, 0.5) is 11.6 Å². The van der Waals surface area contributed by atoms with Gasteiger partial charge in [-0.1, -0.05) is 13.8 Å². The number of nitrogens with zero attached hydrogens (tertiary/aromatic N) is 4. The molecule has 2 aromatic rings. The Labute approximate surface area is 119 Å². The van der Waals surface area contributed by atoms with Crippen LogP contribution in [0.2, 0.25) is 0 Å². The summed E-state index contributed by atoms with van der Waals surface area (Å²) >= 11 is 0. The highest BCUT2D eigenvalue weighted by atomic mass is 15.3. The van der Waals surface area contributed by atoms with Crippen molar-refractivity contribution in [3.8, 4) is 0 Å². The molecule has 2 N–H and O–H groups in total. The van der Waals surface area contributed by atoms with E-state index in [9.17, 15) is 0 Å². The van der Waals surface area contributed by atoms with Gasteiger partial charge < -0.3 is 10.6 Å². The Bertz CT molecular complexity index is 587.